The van der Waals surface area contributed by atoms with Gasteiger partial charge in [0.05, 0.1) is 12.1 Å². The Morgan fingerprint density at radius 2 is 1.96 bits per heavy atom. The van der Waals surface area contributed by atoms with Crippen molar-refractivity contribution in [3.05, 3.63) is 70.7 Å². The molecule has 2 aromatic heterocycles. The Kier molecular flexibility index (Phi) is 4.92. The number of H-pyrrole nitrogens is 1. The van der Waals surface area contributed by atoms with Crippen molar-refractivity contribution in [2.75, 3.05) is 5.32 Å². The molecule has 1 aromatic carbocycles. The van der Waals surface area contributed by atoms with Gasteiger partial charge in [-0.2, -0.15) is 13.2 Å². The van der Waals surface area contributed by atoms with Gasteiger partial charge in [-0.05, 0) is 18.2 Å². The zero-order valence-electron chi connectivity index (χ0n) is 13.6. The number of benzene rings is 1. The zero-order valence-corrected chi connectivity index (χ0v) is 13.6. The second-order valence-electron chi connectivity index (χ2n) is 5.39. The smallest absolute Gasteiger partial charge is 0.331 e. The van der Waals surface area contributed by atoms with Crippen LogP contribution in [0.15, 0.2) is 53.7 Å². The third-order valence-electron chi connectivity index (χ3n) is 3.54. The normalized spacial score (nSPS) is 11.2. The Bertz CT molecular complexity index is 997. The molecule has 0 fully saturated rings. The van der Waals surface area contributed by atoms with Gasteiger partial charge < -0.3 is 15.6 Å². The number of para-hydroxylation sites is 1. The summed E-state index contributed by atoms with van der Waals surface area (Å²) in [5.41, 5.74) is -1.69. The summed E-state index contributed by atoms with van der Waals surface area (Å²) in [6.45, 7) is -0.0579. The van der Waals surface area contributed by atoms with E-state index < -0.39 is 29.0 Å². The van der Waals surface area contributed by atoms with Crippen molar-refractivity contribution >= 4 is 11.7 Å². The molecule has 3 N–H and O–H groups in total. The number of aromatic amines is 1. The number of urea groups is 1. The molecule has 3 aromatic rings. The average molecular weight is 378 g/mol. The van der Waals surface area contributed by atoms with Crippen molar-refractivity contribution in [2.24, 2.45) is 0 Å². The molecular weight excluding hydrogens is 365 g/mol. The van der Waals surface area contributed by atoms with E-state index in [2.05, 4.69) is 20.8 Å². The number of rotatable bonds is 4. The van der Waals surface area contributed by atoms with Crippen LogP contribution in [-0.4, -0.2) is 25.8 Å². The van der Waals surface area contributed by atoms with Crippen molar-refractivity contribution < 1.29 is 18.0 Å². The summed E-state index contributed by atoms with van der Waals surface area (Å²) < 4.78 is 39.8. The molecule has 0 aliphatic rings. The van der Waals surface area contributed by atoms with Gasteiger partial charge in [-0.15, -0.1) is 10.2 Å². The molecule has 0 saturated heterocycles. The lowest BCUT2D eigenvalue weighted by Crippen LogP contribution is -2.31. The predicted molar refractivity (Wildman–Crippen MR) is 89.3 cm³/mol. The number of carbonyl (C=O) groups is 1. The third kappa shape index (κ3) is 4.32. The van der Waals surface area contributed by atoms with Crippen molar-refractivity contribution in [1.82, 2.24) is 25.1 Å². The standard InChI is InChI=1S/C16H13F3N6O2/c17-16(18,19)10-6-12(14(26)20-7-10)23-15(27)21-8-13-24-22-9-25(13)11-4-2-1-3-5-11/h1-7,9H,8H2,(H,20,26)(H2,21,23,27). The molecule has 0 bridgehead atoms. The van der Waals surface area contributed by atoms with Gasteiger partial charge in [-0.25, -0.2) is 4.79 Å². The summed E-state index contributed by atoms with van der Waals surface area (Å²) in [5, 5.41) is 12.2. The second-order valence-corrected chi connectivity index (χ2v) is 5.39. The molecule has 0 saturated carbocycles. The monoisotopic (exact) mass is 378 g/mol. The maximum Gasteiger partial charge on any atom is 0.417 e. The van der Waals surface area contributed by atoms with Crippen LogP contribution < -0.4 is 16.2 Å². The van der Waals surface area contributed by atoms with E-state index in [-0.39, 0.29) is 6.54 Å². The van der Waals surface area contributed by atoms with E-state index in [1.54, 1.807) is 4.57 Å². The van der Waals surface area contributed by atoms with Crippen molar-refractivity contribution in [1.29, 1.82) is 0 Å². The van der Waals surface area contributed by atoms with Gasteiger partial charge in [0.1, 0.15) is 12.0 Å². The summed E-state index contributed by atoms with van der Waals surface area (Å²) >= 11 is 0. The van der Waals surface area contributed by atoms with E-state index in [9.17, 15) is 22.8 Å². The number of halogens is 3. The minimum Gasteiger partial charge on any atom is -0.331 e. The Hall–Kier alpha value is -3.63. The fourth-order valence-electron chi connectivity index (χ4n) is 2.25. The van der Waals surface area contributed by atoms with Crippen LogP contribution in [0.5, 0.6) is 0 Å². The molecule has 140 valence electrons. The minimum atomic E-state index is -4.65. The van der Waals surface area contributed by atoms with Gasteiger partial charge in [-0.3, -0.25) is 9.36 Å². The minimum absolute atomic E-state index is 0.0579. The van der Waals surface area contributed by atoms with E-state index in [0.717, 1.165) is 5.69 Å². The molecule has 0 atom stereocenters. The lowest BCUT2D eigenvalue weighted by Gasteiger charge is -2.10. The summed E-state index contributed by atoms with van der Waals surface area (Å²) in [6.07, 6.45) is -2.65. The largest absolute Gasteiger partial charge is 0.417 e. The van der Waals surface area contributed by atoms with Gasteiger partial charge in [-0.1, -0.05) is 18.2 Å². The quantitative estimate of drug-likeness (QED) is 0.648. The van der Waals surface area contributed by atoms with Crippen LogP contribution >= 0.6 is 0 Å². The molecule has 2 amide bonds. The van der Waals surface area contributed by atoms with E-state index >= 15 is 0 Å². The summed E-state index contributed by atoms with van der Waals surface area (Å²) in [5.74, 6) is 0.398. The number of nitrogens with zero attached hydrogens (tertiary/aromatic N) is 3. The number of aromatic nitrogens is 4. The van der Waals surface area contributed by atoms with Gasteiger partial charge in [0.15, 0.2) is 5.82 Å². The van der Waals surface area contributed by atoms with E-state index in [1.165, 1.54) is 6.33 Å². The Balaban J connectivity index is 1.68. The molecule has 0 aliphatic carbocycles. The van der Waals surface area contributed by atoms with E-state index in [4.69, 9.17) is 0 Å². The number of amides is 2. The zero-order chi connectivity index (χ0) is 19.4. The number of alkyl halides is 3. The first-order valence-corrected chi connectivity index (χ1v) is 7.63. The molecule has 27 heavy (non-hydrogen) atoms. The fourth-order valence-corrected chi connectivity index (χ4v) is 2.25. The van der Waals surface area contributed by atoms with Crippen molar-refractivity contribution in [2.45, 2.75) is 12.7 Å². The molecule has 0 spiro atoms. The molecule has 0 unspecified atom stereocenters. The van der Waals surface area contributed by atoms with Gasteiger partial charge in [0.2, 0.25) is 0 Å². The van der Waals surface area contributed by atoms with Gasteiger partial charge in [0.25, 0.3) is 5.56 Å². The Labute approximate surface area is 150 Å². The molecule has 3 rings (SSSR count). The SMILES string of the molecule is O=C(NCc1nncn1-c1ccccc1)Nc1cc(C(F)(F)F)c[nH]c1=O. The van der Waals surface area contributed by atoms with E-state index in [0.29, 0.717) is 18.1 Å². The average Bonchev–Trinajstić information content (AvgIpc) is 3.10. The van der Waals surface area contributed by atoms with Crippen LogP contribution in [-0.2, 0) is 12.7 Å². The Morgan fingerprint density at radius 3 is 2.67 bits per heavy atom. The van der Waals surface area contributed by atoms with Crippen molar-refractivity contribution in [3.63, 3.8) is 0 Å². The molecule has 0 radical (unpaired) electrons. The van der Waals surface area contributed by atoms with Crippen LogP contribution in [0.25, 0.3) is 5.69 Å². The molecule has 0 aliphatic heterocycles. The van der Waals surface area contributed by atoms with E-state index in [1.807, 2.05) is 35.3 Å². The first-order chi connectivity index (χ1) is 12.8. The summed E-state index contributed by atoms with van der Waals surface area (Å²) in [7, 11) is 0. The molecule has 2 heterocycles. The lowest BCUT2D eigenvalue weighted by molar-refractivity contribution is -0.137. The second kappa shape index (κ2) is 7.32. The lowest BCUT2D eigenvalue weighted by atomic mass is 10.2. The van der Waals surface area contributed by atoms with Crippen LogP contribution in [0.4, 0.5) is 23.7 Å². The van der Waals surface area contributed by atoms with Crippen LogP contribution in [0.3, 0.4) is 0 Å². The maximum absolute atomic E-state index is 12.7. The van der Waals surface area contributed by atoms with Gasteiger partial charge in [0, 0.05) is 11.9 Å². The number of hydrogen-bond donors (Lipinski definition) is 3. The number of pyridine rings is 1. The maximum atomic E-state index is 12.7. The summed E-state index contributed by atoms with van der Waals surface area (Å²) in [4.78, 5) is 25.5. The molecule has 8 nitrogen and oxygen atoms in total. The first-order valence-electron chi connectivity index (χ1n) is 7.63. The van der Waals surface area contributed by atoms with Crippen LogP contribution in [0, 0.1) is 0 Å². The Morgan fingerprint density at radius 1 is 1.22 bits per heavy atom. The highest BCUT2D eigenvalue weighted by Crippen LogP contribution is 2.29. The third-order valence-corrected chi connectivity index (χ3v) is 3.54. The summed E-state index contributed by atoms with van der Waals surface area (Å²) in [6, 6.07) is 8.81. The number of anilines is 1. The number of carbonyl (C=O) groups excluding carboxylic acids is 1. The fraction of sp³-hybridized carbons (Fsp3) is 0.125. The van der Waals surface area contributed by atoms with Crippen molar-refractivity contribution in [3.8, 4) is 5.69 Å². The highest BCUT2D eigenvalue weighted by molar-refractivity contribution is 5.89. The highest BCUT2D eigenvalue weighted by atomic mass is 19.4. The van der Waals surface area contributed by atoms with Gasteiger partial charge >= 0.3 is 12.2 Å². The predicted octanol–water partition coefficient (Wildman–Crippen LogP) is 2.30. The molecular formula is C16H13F3N6O2. The number of nitrogens with one attached hydrogen (secondary N) is 3. The van der Waals surface area contributed by atoms with Crippen LogP contribution in [0.2, 0.25) is 0 Å². The first kappa shape index (κ1) is 18.2. The topological polar surface area (TPSA) is 105 Å². The van der Waals surface area contributed by atoms with Crippen LogP contribution in [0.1, 0.15) is 11.4 Å². The molecule has 11 heteroatoms. The number of hydrogen-bond acceptors (Lipinski definition) is 4. The highest BCUT2D eigenvalue weighted by Gasteiger charge is 2.31.